The molecule has 1 aliphatic carbocycles. The summed E-state index contributed by atoms with van der Waals surface area (Å²) in [7, 11) is -1.04. The molecule has 0 saturated heterocycles. The molecule has 8 heteroatoms. The molecule has 34 heavy (non-hydrogen) atoms. The van der Waals surface area contributed by atoms with Gasteiger partial charge in [-0.3, -0.25) is 9.10 Å². The van der Waals surface area contributed by atoms with Crippen molar-refractivity contribution in [3.63, 3.8) is 0 Å². The van der Waals surface area contributed by atoms with E-state index in [0.717, 1.165) is 29.1 Å². The van der Waals surface area contributed by atoms with Crippen molar-refractivity contribution in [1.82, 2.24) is 5.32 Å². The van der Waals surface area contributed by atoms with Crippen molar-refractivity contribution in [3.05, 3.63) is 83.9 Å². The van der Waals surface area contributed by atoms with Crippen LogP contribution in [0, 0.1) is 0 Å². The number of aryl methyl sites for hydroxylation is 1. The maximum Gasteiger partial charge on any atom is 0.264 e. The van der Waals surface area contributed by atoms with E-state index in [9.17, 15) is 13.2 Å². The average molecular weight is 481 g/mol. The lowest BCUT2D eigenvalue weighted by Gasteiger charge is -2.29. The monoisotopic (exact) mass is 480 g/mol. The zero-order valence-corrected chi connectivity index (χ0v) is 20.0. The summed E-state index contributed by atoms with van der Waals surface area (Å²) in [4.78, 5) is 13.3. The van der Waals surface area contributed by atoms with Gasteiger partial charge in [0.2, 0.25) is 5.91 Å². The maximum atomic E-state index is 13.6. The lowest BCUT2D eigenvalue weighted by Crippen LogP contribution is -2.42. The SMILES string of the molecule is COc1ccc(N(CC(=O)N[C@H]2CCCc3ccccc32)S(=O)(=O)c2ccccc2)cc1OC. The molecule has 0 spiro atoms. The van der Waals surface area contributed by atoms with Crippen LogP contribution in [0.25, 0.3) is 0 Å². The number of rotatable bonds is 8. The number of anilines is 1. The van der Waals surface area contributed by atoms with Crippen molar-refractivity contribution in [1.29, 1.82) is 0 Å². The first-order valence-electron chi connectivity index (χ1n) is 11.1. The van der Waals surface area contributed by atoms with Gasteiger partial charge in [-0.15, -0.1) is 0 Å². The summed E-state index contributed by atoms with van der Waals surface area (Å²) in [5, 5.41) is 3.05. The fraction of sp³-hybridized carbons (Fsp3) is 0.269. The number of carbonyl (C=O) groups excluding carboxylic acids is 1. The molecule has 3 aromatic rings. The third-order valence-electron chi connectivity index (χ3n) is 5.98. The normalized spacial score (nSPS) is 15.2. The predicted octanol–water partition coefficient (Wildman–Crippen LogP) is 4.09. The van der Waals surface area contributed by atoms with Crippen LogP contribution in [0.15, 0.2) is 77.7 Å². The molecule has 1 amide bonds. The van der Waals surface area contributed by atoms with E-state index < -0.39 is 10.0 Å². The lowest BCUT2D eigenvalue weighted by atomic mass is 9.88. The van der Waals surface area contributed by atoms with Crippen LogP contribution in [-0.2, 0) is 21.2 Å². The van der Waals surface area contributed by atoms with Crippen LogP contribution in [0.5, 0.6) is 11.5 Å². The number of ether oxygens (including phenoxy) is 2. The smallest absolute Gasteiger partial charge is 0.264 e. The van der Waals surface area contributed by atoms with E-state index in [1.54, 1.807) is 36.4 Å². The molecule has 3 aromatic carbocycles. The quantitative estimate of drug-likeness (QED) is 0.525. The Morgan fingerprint density at radius 2 is 1.68 bits per heavy atom. The molecule has 0 fully saturated rings. The second-order valence-electron chi connectivity index (χ2n) is 8.08. The molecule has 1 aliphatic rings. The van der Waals surface area contributed by atoms with Gasteiger partial charge in [0.1, 0.15) is 6.54 Å². The molecule has 0 bridgehead atoms. The Morgan fingerprint density at radius 3 is 2.41 bits per heavy atom. The summed E-state index contributed by atoms with van der Waals surface area (Å²) in [6.07, 6.45) is 2.75. The molecule has 0 heterocycles. The van der Waals surface area contributed by atoms with Crippen LogP contribution in [0.3, 0.4) is 0 Å². The Bertz CT molecular complexity index is 1260. The highest BCUT2D eigenvalue weighted by Crippen LogP contribution is 2.34. The van der Waals surface area contributed by atoms with E-state index in [2.05, 4.69) is 11.4 Å². The number of sulfonamides is 1. The highest BCUT2D eigenvalue weighted by atomic mass is 32.2. The summed E-state index contributed by atoms with van der Waals surface area (Å²) in [5.41, 5.74) is 2.61. The summed E-state index contributed by atoms with van der Waals surface area (Å²) < 4.78 is 38.9. The number of fused-ring (bicyclic) bond motifs is 1. The minimum atomic E-state index is -4.02. The summed E-state index contributed by atoms with van der Waals surface area (Å²) in [5.74, 6) is 0.456. The van der Waals surface area contributed by atoms with E-state index in [-0.39, 0.29) is 23.4 Å². The van der Waals surface area contributed by atoms with Crippen molar-refractivity contribution >= 4 is 21.6 Å². The highest BCUT2D eigenvalue weighted by molar-refractivity contribution is 7.92. The van der Waals surface area contributed by atoms with Crippen LogP contribution >= 0.6 is 0 Å². The van der Waals surface area contributed by atoms with E-state index >= 15 is 0 Å². The number of hydrogen-bond acceptors (Lipinski definition) is 5. The van der Waals surface area contributed by atoms with Gasteiger partial charge in [-0.05, 0) is 54.7 Å². The maximum absolute atomic E-state index is 13.6. The number of carbonyl (C=O) groups is 1. The first-order valence-corrected chi connectivity index (χ1v) is 12.5. The van der Waals surface area contributed by atoms with Gasteiger partial charge in [-0.2, -0.15) is 0 Å². The summed E-state index contributed by atoms with van der Waals surface area (Å²) >= 11 is 0. The molecule has 0 aliphatic heterocycles. The lowest BCUT2D eigenvalue weighted by molar-refractivity contribution is -0.120. The van der Waals surface area contributed by atoms with Crippen molar-refractivity contribution in [2.45, 2.75) is 30.2 Å². The van der Waals surface area contributed by atoms with Gasteiger partial charge in [-0.1, -0.05) is 42.5 Å². The van der Waals surface area contributed by atoms with Crippen LogP contribution in [-0.4, -0.2) is 35.1 Å². The summed E-state index contributed by atoms with van der Waals surface area (Å²) in [6, 6.07) is 20.7. The second kappa shape index (κ2) is 10.2. The molecule has 1 N–H and O–H groups in total. The Morgan fingerprint density at radius 1 is 0.971 bits per heavy atom. The fourth-order valence-electron chi connectivity index (χ4n) is 4.29. The molecular weight excluding hydrogens is 452 g/mol. The zero-order chi connectivity index (χ0) is 24.1. The standard InChI is InChI=1S/C26H28N2O5S/c1-32-24-16-15-20(17-25(24)33-2)28(34(30,31)21-11-4-3-5-12-21)18-26(29)27-23-14-8-10-19-9-6-7-13-22(19)23/h3-7,9,11-13,15-17,23H,8,10,14,18H2,1-2H3,(H,27,29)/t23-/m0/s1. The number of nitrogens with zero attached hydrogens (tertiary/aromatic N) is 1. The third-order valence-corrected chi connectivity index (χ3v) is 7.77. The van der Waals surface area contributed by atoms with Gasteiger partial charge in [0.25, 0.3) is 10.0 Å². The van der Waals surface area contributed by atoms with Gasteiger partial charge in [0, 0.05) is 6.07 Å². The molecule has 178 valence electrons. The minimum absolute atomic E-state index is 0.0978. The Balaban J connectivity index is 1.66. The molecule has 0 unspecified atom stereocenters. The molecule has 4 rings (SSSR count). The number of benzene rings is 3. The second-order valence-corrected chi connectivity index (χ2v) is 9.94. The van der Waals surface area contributed by atoms with Crippen molar-refractivity contribution in [3.8, 4) is 11.5 Å². The van der Waals surface area contributed by atoms with Gasteiger partial charge in [0.15, 0.2) is 11.5 Å². The molecule has 0 aromatic heterocycles. The van der Waals surface area contributed by atoms with Crippen LogP contribution in [0.1, 0.15) is 30.0 Å². The highest BCUT2D eigenvalue weighted by Gasteiger charge is 2.29. The van der Waals surface area contributed by atoms with E-state index in [4.69, 9.17) is 9.47 Å². The van der Waals surface area contributed by atoms with E-state index in [1.165, 1.54) is 31.9 Å². The minimum Gasteiger partial charge on any atom is -0.493 e. The molecular formula is C26H28N2O5S. The Kier molecular flexibility index (Phi) is 7.07. The topological polar surface area (TPSA) is 84.9 Å². The first-order chi connectivity index (χ1) is 16.4. The average Bonchev–Trinajstić information content (AvgIpc) is 2.87. The molecule has 7 nitrogen and oxygen atoms in total. The number of nitrogens with one attached hydrogen (secondary N) is 1. The Labute approximate surface area is 200 Å². The van der Waals surface area contributed by atoms with Crippen LogP contribution in [0.4, 0.5) is 5.69 Å². The predicted molar refractivity (Wildman–Crippen MR) is 131 cm³/mol. The van der Waals surface area contributed by atoms with E-state index in [0.29, 0.717) is 17.2 Å². The largest absolute Gasteiger partial charge is 0.493 e. The number of hydrogen-bond donors (Lipinski definition) is 1. The third kappa shape index (κ3) is 4.87. The number of methoxy groups -OCH3 is 2. The van der Waals surface area contributed by atoms with E-state index in [1.807, 2.05) is 18.2 Å². The fourth-order valence-corrected chi connectivity index (χ4v) is 5.72. The van der Waals surface area contributed by atoms with Crippen molar-refractivity contribution in [2.24, 2.45) is 0 Å². The zero-order valence-electron chi connectivity index (χ0n) is 19.2. The van der Waals surface area contributed by atoms with Gasteiger partial charge in [-0.25, -0.2) is 8.42 Å². The van der Waals surface area contributed by atoms with Gasteiger partial charge >= 0.3 is 0 Å². The molecule has 0 radical (unpaired) electrons. The Hall–Kier alpha value is -3.52. The number of amides is 1. The van der Waals surface area contributed by atoms with Crippen LogP contribution in [0.2, 0.25) is 0 Å². The van der Waals surface area contributed by atoms with Crippen LogP contribution < -0.4 is 19.1 Å². The first kappa shape index (κ1) is 23.6. The summed E-state index contributed by atoms with van der Waals surface area (Å²) in [6.45, 7) is -0.370. The van der Waals surface area contributed by atoms with Gasteiger partial charge < -0.3 is 14.8 Å². The van der Waals surface area contributed by atoms with Gasteiger partial charge in [0.05, 0.1) is 30.8 Å². The molecule has 1 atom stereocenters. The van der Waals surface area contributed by atoms with Crippen molar-refractivity contribution in [2.75, 3.05) is 25.1 Å². The molecule has 0 saturated carbocycles. The van der Waals surface area contributed by atoms with Crippen molar-refractivity contribution < 1.29 is 22.7 Å².